The molecule has 0 aliphatic carbocycles. The number of aromatic nitrogens is 4. The Morgan fingerprint density at radius 2 is 1.78 bits per heavy atom. The van der Waals surface area contributed by atoms with E-state index in [2.05, 4.69) is 20.7 Å². The van der Waals surface area contributed by atoms with Gasteiger partial charge in [0.25, 0.3) is 0 Å². The van der Waals surface area contributed by atoms with Crippen LogP contribution in [0.15, 0.2) is 48.5 Å². The molecule has 0 saturated heterocycles. The van der Waals surface area contributed by atoms with Crippen molar-refractivity contribution in [3.63, 3.8) is 0 Å². The number of rotatable bonds is 7. The normalized spacial score (nSPS) is 11.7. The Bertz CT molecular complexity index is 872. The monoisotopic (exact) mass is 375 g/mol. The highest BCUT2D eigenvalue weighted by molar-refractivity contribution is 5.60. The molecule has 0 aliphatic heterocycles. The fraction of sp³-hybridized carbons (Fsp3) is 0.316. The molecule has 3 rings (SSSR count). The topological polar surface area (TPSA) is 55.6 Å². The molecule has 5 nitrogen and oxygen atoms in total. The van der Waals surface area contributed by atoms with Gasteiger partial charge in [0.2, 0.25) is 5.82 Å². The third kappa shape index (κ3) is 4.91. The predicted molar refractivity (Wildman–Crippen MR) is 96.0 cm³/mol. The molecule has 0 saturated carbocycles. The Morgan fingerprint density at radius 3 is 2.48 bits per heavy atom. The van der Waals surface area contributed by atoms with E-state index in [-0.39, 0.29) is 0 Å². The smallest absolute Gasteiger partial charge is 0.320 e. The first kappa shape index (κ1) is 19.0. The van der Waals surface area contributed by atoms with Crippen molar-refractivity contribution in [2.75, 3.05) is 13.6 Å². The summed E-state index contributed by atoms with van der Waals surface area (Å²) in [7, 11) is 1.89. The predicted octanol–water partition coefficient (Wildman–Crippen LogP) is 3.56. The van der Waals surface area contributed by atoms with E-state index in [0.717, 1.165) is 41.8 Å². The van der Waals surface area contributed by atoms with Crippen LogP contribution in [0.25, 0.3) is 11.4 Å². The fourth-order valence-electron chi connectivity index (χ4n) is 2.77. The molecule has 0 radical (unpaired) electrons. The summed E-state index contributed by atoms with van der Waals surface area (Å²) in [5, 5.41) is 15.7. The lowest BCUT2D eigenvalue weighted by Crippen LogP contribution is -2.12. The van der Waals surface area contributed by atoms with Gasteiger partial charge in [-0.15, -0.1) is 10.2 Å². The van der Waals surface area contributed by atoms with Gasteiger partial charge in [-0.1, -0.05) is 36.4 Å². The zero-order chi connectivity index (χ0) is 19.3. The zero-order valence-electron chi connectivity index (χ0n) is 14.9. The van der Waals surface area contributed by atoms with Crippen molar-refractivity contribution < 1.29 is 13.2 Å². The SMILES string of the molecule is CNCCCn1nnc(-c2ccccc2Cc2ccc(C(F)(F)F)cc2)n1. The Balaban J connectivity index is 1.78. The van der Waals surface area contributed by atoms with Gasteiger partial charge in [-0.25, -0.2) is 0 Å². The van der Waals surface area contributed by atoms with Crippen LogP contribution in [0.1, 0.15) is 23.1 Å². The van der Waals surface area contributed by atoms with Crippen LogP contribution >= 0.6 is 0 Å². The summed E-state index contributed by atoms with van der Waals surface area (Å²) in [6.07, 6.45) is -2.95. The molecule has 0 unspecified atom stereocenters. The second-order valence-corrected chi connectivity index (χ2v) is 6.19. The minimum atomic E-state index is -4.33. The van der Waals surface area contributed by atoms with Crippen molar-refractivity contribution in [3.05, 3.63) is 65.2 Å². The Kier molecular flexibility index (Phi) is 5.85. The standard InChI is InChI=1S/C19H20F3N5/c1-23-11-4-12-27-25-18(24-26-27)17-6-3-2-5-15(17)13-14-7-9-16(10-8-14)19(20,21)22/h2-3,5-10,23H,4,11-13H2,1H3. The molecule has 1 aromatic heterocycles. The van der Waals surface area contributed by atoms with Crippen molar-refractivity contribution in [3.8, 4) is 11.4 Å². The number of tetrazole rings is 1. The van der Waals surface area contributed by atoms with Crippen LogP contribution in [0.3, 0.4) is 0 Å². The van der Waals surface area contributed by atoms with E-state index in [0.29, 0.717) is 18.8 Å². The van der Waals surface area contributed by atoms with E-state index < -0.39 is 11.7 Å². The van der Waals surface area contributed by atoms with Crippen LogP contribution in [-0.2, 0) is 19.1 Å². The lowest BCUT2D eigenvalue weighted by atomic mass is 9.98. The average Bonchev–Trinajstić information content (AvgIpc) is 3.11. The molecule has 1 N–H and O–H groups in total. The van der Waals surface area contributed by atoms with Gasteiger partial charge in [0.05, 0.1) is 12.1 Å². The molecule has 0 spiro atoms. The van der Waals surface area contributed by atoms with Crippen LogP contribution in [0, 0.1) is 0 Å². The van der Waals surface area contributed by atoms with Gasteiger partial charge in [-0.2, -0.15) is 18.0 Å². The number of nitrogens with zero attached hydrogens (tertiary/aromatic N) is 4. The van der Waals surface area contributed by atoms with Gasteiger partial charge in [0.1, 0.15) is 0 Å². The average molecular weight is 375 g/mol. The van der Waals surface area contributed by atoms with Crippen LogP contribution in [0.2, 0.25) is 0 Å². The maximum Gasteiger partial charge on any atom is 0.416 e. The highest BCUT2D eigenvalue weighted by Gasteiger charge is 2.29. The third-order valence-electron chi connectivity index (χ3n) is 4.17. The Morgan fingerprint density at radius 1 is 1.04 bits per heavy atom. The molecule has 0 aliphatic rings. The first-order chi connectivity index (χ1) is 13.0. The van der Waals surface area contributed by atoms with Gasteiger partial charge in [0, 0.05) is 5.56 Å². The lowest BCUT2D eigenvalue weighted by molar-refractivity contribution is -0.137. The molecule has 0 fully saturated rings. The first-order valence-corrected chi connectivity index (χ1v) is 8.64. The first-order valence-electron chi connectivity index (χ1n) is 8.64. The van der Waals surface area contributed by atoms with E-state index >= 15 is 0 Å². The summed E-state index contributed by atoms with van der Waals surface area (Å²) in [5.74, 6) is 0.516. The summed E-state index contributed by atoms with van der Waals surface area (Å²) in [6, 6.07) is 12.8. The van der Waals surface area contributed by atoms with E-state index in [1.165, 1.54) is 12.1 Å². The molecule has 0 atom stereocenters. The Hall–Kier alpha value is -2.74. The van der Waals surface area contributed by atoms with Gasteiger partial charge < -0.3 is 5.32 Å². The fourth-order valence-corrected chi connectivity index (χ4v) is 2.77. The molecular weight excluding hydrogens is 355 g/mol. The number of aryl methyl sites for hydroxylation is 1. The number of halogens is 3. The number of hydrogen-bond acceptors (Lipinski definition) is 4. The summed E-state index contributed by atoms with van der Waals surface area (Å²) < 4.78 is 38.1. The molecular formula is C19H20F3N5. The van der Waals surface area contributed by atoms with Crippen LogP contribution < -0.4 is 5.32 Å². The highest BCUT2D eigenvalue weighted by Crippen LogP contribution is 2.30. The molecule has 0 bridgehead atoms. The molecule has 3 aromatic rings. The van der Waals surface area contributed by atoms with Crippen LogP contribution in [0.5, 0.6) is 0 Å². The van der Waals surface area contributed by atoms with Crippen molar-refractivity contribution in [2.24, 2.45) is 0 Å². The summed E-state index contributed by atoms with van der Waals surface area (Å²) in [6.45, 7) is 1.52. The number of benzene rings is 2. The number of nitrogens with one attached hydrogen (secondary N) is 1. The zero-order valence-corrected chi connectivity index (χ0v) is 14.9. The minimum absolute atomic E-state index is 0.489. The minimum Gasteiger partial charge on any atom is -0.320 e. The lowest BCUT2D eigenvalue weighted by Gasteiger charge is -2.09. The quantitative estimate of drug-likeness (QED) is 0.642. The van der Waals surface area contributed by atoms with E-state index in [9.17, 15) is 13.2 Å². The molecule has 142 valence electrons. The van der Waals surface area contributed by atoms with Crippen molar-refractivity contribution in [1.82, 2.24) is 25.5 Å². The third-order valence-corrected chi connectivity index (χ3v) is 4.17. The second-order valence-electron chi connectivity index (χ2n) is 6.19. The highest BCUT2D eigenvalue weighted by atomic mass is 19.4. The summed E-state index contributed by atoms with van der Waals surface area (Å²) >= 11 is 0. The van der Waals surface area contributed by atoms with Crippen molar-refractivity contribution >= 4 is 0 Å². The van der Waals surface area contributed by atoms with Crippen molar-refractivity contribution in [1.29, 1.82) is 0 Å². The second kappa shape index (κ2) is 8.30. The van der Waals surface area contributed by atoms with Crippen molar-refractivity contribution in [2.45, 2.75) is 25.6 Å². The van der Waals surface area contributed by atoms with E-state index in [1.54, 1.807) is 4.80 Å². The van der Waals surface area contributed by atoms with Crippen LogP contribution in [0.4, 0.5) is 13.2 Å². The summed E-state index contributed by atoms with van der Waals surface area (Å²) in [5.41, 5.74) is 1.91. The molecule has 1 heterocycles. The largest absolute Gasteiger partial charge is 0.416 e. The van der Waals surface area contributed by atoms with E-state index in [4.69, 9.17) is 0 Å². The molecule has 0 amide bonds. The van der Waals surface area contributed by atoms with E-state index in [1.807, 2.05) is 31.3 Å². The molecule has 27 heavy (non-hydrogen) atoms. The Labute approximate surface area is 155 Å². The van der Waals surface area contributed by atoms with Gasteiger partial charge in [-0.3, -0.25) is 0 Å². The maximum atomic E-state index is 12.7. The molecule has 8 heteroatoms. The number of alkyl halides is 3. The van der Waals surface area contributed by atoms with Crippen LogP contribution in [-0.4, -0.2) is 33.8 Å². The van der Waals surface area contributed by atoms with Gasteiger partial charge in [0.15, 0.2) is 0 Å². The maximum absolute atomic E-state index is 12.7. The number of hydrogen-bond donors (Lipinski definition) is 1. The van der Waals surface area contributed by atoms with Gasteiger partial charge in [-0.05, 0) is 54.9 Å². The molecule has 2 aromatic carbocycles. The van der Waals surface area contributed by atoms with Gasteiger partial charge >= 0.3 is 6.18 Å². The summed E-state index contributed by atoms with van der Waals surface area (Å²) in [4.78, 5) is 1.56.